The predicted octanol–water partition coefficient (Wildman–Crippen LogP) is 2.26. The Kier molecular flexibility index (Phi) is 3.75. The average molecular weight is 205 g/mol. The van der Waals surface area contributed by atoms with Gasteiger partial charge in [0.05, 0.1) is 12.7 Å². The van der Waals surface area contributed by atoms with Gasteiger partial charge in [0.1, 0.15) is 0 Å². The van der Waals surface area contributed by atoms with Crippen LogP contribution < -0.4 is 5.32 Å². The average Bonchev–Trinajstić information content (AvgIpc) is 2.28. The monoisotopic (exact) mass is 205 g/mol. The van der Waals surface area contributed by atoms with Crippen LogP contribution in [0.3, 0.4) is 0 Å². The Balaban J connectivity index is 1.81. The van der Waals surface area contributed by atoms with Crippen LogP contribution in [0.1, 0.15) is 24.0 Å². The molecule has 1 aliphatic heterocycles. The van der Waals surface area contributed by atoms with Gasteiger partial charge in [-0.15, -0.1) is 0 Å². The fourth-order valence-corrected chi connectivity index (χ4v) is 1.98. The lowest BCUT2D eigenvalue weighted by molar-refractivity contribution is 0.0253. The molecule has 0 amide bonds. The Labute approximate surface area is 91.6 Å². The van der Waals surface area contributed by atoms with E-state index >= 15 is 0 Å². The second-order valence-electron chi connectivity index (χ2n) is 4.27. The van der Waals surface area contributed by atoms with Crippen molar-refractivity contribution in [2.45, 2.75) is 32.5 Å². The highest BCUT2D eigenvalue weighted by atomic mass is 16.5. The fourth-order valence-electron chi connectivity index (χ4n) is 1.98. The highest BCUT2D eigenvalue weighted by Crippen LogP contribution is 2.11. The molecule has 1 fully saturated rings. The second-order valence-corrected chi connectivity index (χ2v) is 4.27. The zero-order chi connectivity index (χ0) is 10.5. The number of hydrogen-bond acceptors (Lipinski definition) is 2. The third-order valence-electron chi connectivity index (χ3n) is 2.82. The summed E-state index contributed by atoms with van der Waals surface area (Å²) in [5, 5.41) is 3.36. The van der Waals surface area contributed by atoms with Gasteiger partial charge in [0, 0.05) is 6.54 Å². The topological polar surface area (TPSA) is 21.3 Å². The molecule has 1 N–H and O–H groups in total. The van der Waals surface area contributed by atoms with Gasteiger partial charge in [-0.3, -0.25) is 0 Å². The smallest absolute Gasteiger partial charge is 0.0721 e. The molecule has 15 heavy (non-hydrogen) atoms. The van der Waals surface area contributed by atoms with Gasteiger partial charge in [-0.2, -0.15) is 0 Å². The maximum atomic E-state index is 5.86. The quantitative estimate of drug-likeness (QED) is 0.817. The minimum Gasteiger partial charge on any atom is -0.372 e. The van der Waals surface area contributed by atoms with Gasteiger partial charge in [0.15, 0.2) is 0 Å². The summed E-state index contributed by atoms with van der Waals surface area (Å²) in [6, 6.07) is 8.53. The Morgan fingerprint density at radius 3 is 3.13 bits per heavy atom. The van der Waals surface area contributed by atoms with E-state index in [0.717, 1.165) is 19.7 Å². The van der Waals surface area contributed by atoms with Crippen LogP contribution >= 0.6 is 0 Å². The van der Waals surface area contributed by atoms with E-state index in [4.69, 9.17) is 4.74 Å². The van der Waals surface area contributed by atoms with Gasteiger partial charge in [-0.25, -0.2) is 0 Å². The molecule has 1 aromatic rings. The molecule has 0 aliphatic carbocycles. The van der Waals surface area contributed by atoms with E-state index in [1.54, 1.807) is 0 Å². The van der Waals surface area contributed by atoms with Gasteiger partial charge < -0.3 is 10.1 Å². The van der Waals surface area contributed by atoms with Crippen molar-refractivity contribution in [1.29, 1.82) is 0 Å². The van der Waals surface area contributed by atoms with Crippen LogP contribution in [0, 0.1) is 6.92 Å². The van der Waals surface area contributed by atoms with Crippen LogP contribution in [-0.2, 0) is 11.3 Å². The maximum Gasteiger partial charge on any atom is 0.0721 e. The van der Waals surface area contributed by atoms with Crippen molar-refractivity contribution in [3.05, 3.63) is 35.4 Å². The van der Waals surface area contributed by atoms with E-state index in [2.05, 4.69) is 36.5 Å². The summed E-state index contributed by atoms with van der Waals surface area (Å²) in [5.74, 6) is 0. The van der Waals surface area contributed by atoms with Crippen LogP contribution in [0.25, 0.3) is 0 Å². The highest BCUT2D eigenvalue weighted by Gasteiger charge is 2.12. The Morgan fingerprint density at radius 1 is 1.47 bits per heavy atom. The molecule has 1 aliphatic rings. The number of hydrogen-bond donors (Lipinski definition) is 1. The normalized spacial score (nSPS) is 21.5. The van der Waals surface area contributed by atoms with Crippen molar-refractivity contribution in [1.82, 2.24) is 5.32 Å². The molecular weight excluding hydrogens is 186 g/mol. The molecule has 0 bridgehead atoms. The Bertz CT molecular complexity index is 305. The van der Waals surface area contributed by atoms with E-state index in [9.17, 15) is 0 Å². The summed E-state index contributed by atoms with van der Waals surface area (Å²) in [4.78, 5) is 0. The number of rotatable bonds is 3. The van der Waals surface area contributed by atoms with E-state index < -0.39 is 0 Å². The van der Waals surface area contributed by atoms with Gasteiger partial charge in [-0.05, 0) is 31.9 Å². The molecule has 0 aromatic heterocycles. The number of benzene rings is 1. The number of piperidine rings is 1. The molecule has 0 radical (unpaired) electrons. The predicted molar refractivity (Wildman–Crippen MR) is 61.9 cm³/mol. The lowest BCUT2D eigenvalue weighted by Gasteiger charge is -2.23. The Morgan fingerprint density at radius 2 is 2.40 bits per heavy atom. The molecule has 2 nitrogen and oxygen atoms in total. The summed E-state index contributed by atoms with van der Waals surface area (Å²) < 4.78 is 5.86. The first-order valence-electron chi connectivity index (χ1n) is 5.72. The summed E-state index contributed by atoms with van der Waals surface area (Å²) in [7, 11) is 0. The van der Waals surface area contributed by atoms with Crippen molar-refractivity contribution in [2.75, 3.05) is 13.1 Å². The summed E-state index contributed by atoms with van der Waals surface area (Å²) in [6.07, 6.45) is 2.83. The Hall–Kier alpha value is -0.860. The number of aryl methyl sites for hydroxylation is 1. The van der Waals surface area contributed by atoms with Gasteiger partial charge in [0.2, 0.25) is 0 Å². The van der Waals surface area contributed by atoms with Crippen LogP contribution in [-0.4, -0.2) is 19.2 Å². The molecule has 2 rings (SSSR count). The maximum absolute atomic E-state index is 5.86. The first-order valence-corrected chi connectivity index (χ1v) is 5.72. The lowest BCUT2D eigenvalue weighted by atomic mass is 10.1. The lowest BCUT2D eigenvalue weighted by Crippen LogP contribution is -2.35. The minimum atomic E-state index is 0.402. The van der Waals surface area contributed by atoms with Crippen molar-refractivity contribution < 1.29 is 4.74 Å². The largest absolute Gasteiger partial charge is 0.372 e. The first kappa shape index (κ1) is 10.7. The van der Waals surface area contributed by atoms with Crippen molar-refractivity contribution >= 4 is 0 Å². The molecule has 82 valence electrons. The van der Waals surface area contributed by atoms with Gasteiger partial charge >= 0.3 is 0 Å². The zero-order valence-corrected chi connectivity index (χ0v) is 9.33. The first-order chi connectivity index (χ1) is 7.34. The zero-order valence-electron chi connectivity index (χ0n) is 9.33. The van der Waals surface area contributed by atoms with Crippen LogP contribution in [0.4, 0.5) is 0 Å². The van der Waals surface area contributed by atoms with Crippen molar-refractivity contribution in [3.63, 3.8) is 0 Å². The summed E-state index contributed by atoms with van der Waals surface area (Å²) in [5.41, 5.74) is 2.58. The standard InChI is InChI=1S/C13H19NO/c1-11-4-2-5-12(8-11)10-15-13-6-3-7-14-9-13/h2,4-5,8,13-14H,3,6-7,9-10H2,1H3/t13-/m0/s1. The van der Waals surface area contributed by atoms with Crippen molar-refractivity contribution in [3.8, 4) is 0 Å². The molecule has 0 unspecified atom stereocenters. The fraction of sp³-hybridized carbons (Fsp3) is 0.538. The third-order valence-corrected chi connectivity index (χ3v) is 2.82. The molecular formula is C13H19NO. The summed E-state index contributed by atoms with van der Waals surface area (Å²) >= 11 is 0. The molecule has 1 saturated heterocycles. The third kappa shape index (κ3) is 3.33. The molecule has 0 spiro atoms. The van der Waals surface area contributed by atoms with E-state index in [-0.39, 0.29) is 0 Å². The van der Waals surface area contributed by atoms with Crippen LogP contribution in [0.2, 0.25) is 0 Å². The highest BCUT2D eigenvalue weighted by molar-refractivity contribution is 5.21. The molecule has 2 heteroatoms. The van der Waals surface area contributed by atoms with Crippen LogP contribution in [0.5, 0.6) is 0 Å². The second kappa shape index (κ2) is 5.29. The molecule has 1 aromatic carbocycles. The van der Waals surface area contributed by atoms with E-state index in [0.29, 0.717) is 6.10 Å². The molecule has 1 heterocycles. The van der Waals surface area contributed by atoms with Crippen molar-refractivity contribution in [2.24, 2.45) is 0 Å². The summed E-state index contributed by atoms with van der Waals surface area (Å²) in [6.45, 7) is 5.01. The van der Waals surface area contributed by atoms with Gasteiger partial charge in [0.25, 0.3) is 0 Å². The van der Waals surface area contributed by atoms with E-state index in [1.807, 2.05) is 0 Å². The number of ether oxygens (including phenoxy) is 1. The minimum absolute atomic E-state index is 0.402. The SMILES string of the molecule is Cc1cccc(CO[C@H]2CCCNC2)c1. The molecule has 0 saturated carbocycles. The molecule has 1 atom stereocenters. The number of nitrogens with one attached hydrogen (secondary N) is 1. The van der Waals surface area contributed by atoms with Crippen LogP contribution in [0.15, 0.2) is 24.3 Å². The van der Waals surface area contributed by atoms with E-state index in [1.165, 1.54) is 24.0 Å². The van der Waals surface area contributed by atoms with Gasteiger partial charge in [-0.1, -0.05) is 29.8 Å².